The molecule has 0 radical (unpaired) electrons. The van der Waals surface area contributed by atoms with Gasteiger partial charge in [-0.3, -0.25) is 14.3 Å². The molecular weight excluding hydrogens is 429 g/mol. The van der Waals surface area contributed by atoms with Crippen LogP contribution < -0.4 is 10.9 Å². The van der Waals surface area contributed by atoms with Gasteiger partial charge in [-0.2, -0.15) is 0 Å². The molecule has 1 atom stereocenters. The van der Waals surface area contributed by atoms with Gasteiger partial charge in [0.2, 0.25) is 0 Å². The predicted octanol–water partition coefficient (Wildman–Crippen LogP) is 3.98. The number of carbonyl (C=O) groups excluding carboxylic acids is 2. The molecule has 0 bridgehead atoms. The number of carbonyl (C=O) groups is 2. The van der Waals surface area contributed by atoms with E-state index in [2.05, 4.69) is 5.32 Å². The fourth-order valence-corrected chi connectivity index (χ4v) is 3.25. The standard InChI is InChI=1S/C21H19Cl2N3O4/c1-12-18(20(28)26(25(12)3)14-8-5-4-6-9-14)24-19(27)13(2)30-21(29)15-10-7-11-16(22)17(15)23/h4-11,13H,1-3H3,(H,24,27). The number of esters is 1. The van der Waals surface area contributed by atoms with Crippen molar-refractivity contribution in [2.75, 3.05) is 5.32 Å². The van der Waals surface area contributed by atoms with Crippen molar-refractivity contribution >= 4 is 40.8 Å². The number of para-hydroxylation sites is 1. The van der Waals surface area contributed by atoms with Gasteiger partial charge in [-0.05, 0) is 38.1 Å². The molecule has 156 valence electrons. The molecular formula is C21H19Cl2N3O4. The third kappa shape index (κ3) is 4.13. The van der Waals surface area contributed by atoms with Crippen LogP contribution in [0.4, 0.5) is 5.69 Å². The highest BCUT2D eigenvalue weighted by atomic mass is 35.5. The number of aromatic nitrogens is 2. The number of nitrogens with zero attached hydrogens (tertiary/aromatic N) is 2. The van der Waals surface area contributed by atoms with Crippen molar-refractivity contribution in [3.63, 3.8) is 0 Å². The van der Waals surface area contributed by atoms with Gasteiger partial charge in [0.1, 0.15) is 5.69 Å². The minimum Gasteiger partial charge on any atom is -0.449 e. The van der Waals surface area contributed by atoms with Crippen molar-refractivity contribution < 1.29 is 14.3 Å². The van der Waals surface area contributed by atoms with E-state index in [0.717, 1.165) is 0 Å². The molecule has 1 N–H and O–H groups in total. The summed E-state index contributed by atoms with van der Waals surface area (Å²) in [7, 11) is 1.71. The van der Waals surface area contributed by atoms with Crippen LogP contribution in [0.2, 0.25) is 10.0 Å². The lowest BCUT2D eigenvalue weighted by Gasteiger charge is -2.13. The summed E-state index contributed by atoms with van der Waals surface area (Å²) >= 11 is 11.9. The minimum atomic E-state index is -1.17. The van der Waals surface area contributed by atoms with Gasteiger partial charge >= 0.3 is 5.97 Å². The molecule has 0 saturated carbocycles. The van der Waals surface area contributed by atoms with Gasteiger partial charge in [0.25, 0.3) is 11.5 Å². The number of hydrogen-bond donors (Lipinski definition) is 1. The van der Waals surface area contributed by atoms with Gasteiger partial charge in [-0.1, -0.05) is 47.5 Å². The topological polar surface area (TPSA) is 82.3 Å². The van der Waals surface area contributed by atoms with Crippen LogP contribution in [0.1, 0.15) is 23.0 Å². The van der Waals surface area contributed by atoms with Crippen molar-refractivity contribution in [3.8, 4) is 5.69 Å². The van der Waals surface area contributed by atoms with Crippen molar-refractivity contribution in [3.05, 3.63) is 80.2 Å². The molecule has 2 aromatic carbocycles. The first kappa shape index (κ1) is 21.7. The van der Waals surface area contributed by atoms with Gasteiger partial charge in [-0.15, -0.1) is 0 Å². The van der Waals surface area contributed by atoms with Gasteiger partial charge in [-0.25, -0.2) is 9.48 Å². The first-order valence-electron chi connectivity index (χ1n) is 9.02. The van der Waals surface area contributed by atoms with Gasteiger partial charge in [0.05, 0.1) is 27.0 Å². The van der Waals surface area contributed by atoms with E-state index >= 15 is 0 Å². The number of hydrogen-bond acceptors (Lipinski definition) is 4. The maximum atomic E-state index is 12.9. The molecule has 3 rings (SSSR count). The molecule has 0 aliphatic carbocycles. The Kier molecular flexibility index (Phi) is 6.34. The molecule has 1 heterocycles. The zero-order valence-corrected chi connectivity index (χ0v) is 18.0. The van der Waals surface area contributed by atoms with E-state index in [0.29, 0.717) is 11.4 Å². The summed E-state index contributed by atoms with van der Waals surface area (Å²) in [5.41, 5.74) is 0.962. The molecule has 7 nitrogen and oxygen atoms in total. The van der Waals surface area contributed by atoms with Crippen LogP contribution in [-0.4, -0.2) is 27.3 Å². The van der Waals surface area contributed by atoms with Crippen molar-refractivity contribution in [1.82, 2.24) is 9.36 Å². The Hall–Kier alpha value is -3.03. The fraction of sp³-hybridized carbons (Fsp3) is 0.190. The summed E-state index contributed by atoms with van der Waals surface area (Å²) in [6.45, 7) is 3.11. The summed E-state index contributed by atoms with van der Waals surface area (Å²) in [4.78, 5) is 37.8. The van der Waals surface area contributed by atoms with Crippen LogP contribution in [-0.2, 0) is 16.6 Å². The molecule has 0 fully saturated rings. The first-order chi connectivity index (χ1) is 14.2. The summed E-state index contributed by atoms with van der Waals surface area (Å²) < 4.78 is 8.27. The first-order valence-corrected chi connectivity index (χ1v) is 9.77. The van der Waals surface area contributed by atoms with Crippen molar-refractivity contribution in [2.45, 2.75) is 20.0 Å². The van der Waals surface area contributed by atoms with Crippen LogP contribution in [0.15, 0.2) is 53.3 Å². The number of ether oxygens (including phenoxy) is 1. The van der Waals surface area contributed by atoms with E-state index in [1.165, 1.54) is 23.7 Å². The lowest BCUT2D eigenvalue weighted by Crippen LogP contribution is -2.32. The normalized spacial score (nSPS) is 11.8. The largest absolute Gasteiger partial charge is 0.449 e. The second kappa shape index (κ2) is 8.77. The number of nitrogens with one attached hydrogen (secondary N) is 1. The number of rotatable bonds is 5. The maximum Gasteiger partial charge on any atom is 0.340 e. The molecule has 0 spiro atoms. The average Bonchev–Trinajstić information content (AvgIpc) is 2.93. The Morgan fingerprint density at radius 2 is 1.73 bits per heavy atom. The van der Waals surface area contributed by atoms with E-state index in [1.807, 2.05) is 18.2 Å². The Balaban J connectivity index is 1.80. The molecule has 3 aromatic rings. The molecule has 0 saturated heterocycles. The molecule has 0 aliphatic rings. The average molecular weight is 448 g/mol. The molecule has 1 amide bonds. The Morgan fingerprint density at radius 1 is 1.07 bits per heavy atom. The molecule has 1 aromatic heterocycles. The molecule has 9 heteroatoms. The van der Waals surface area contributed by atoms with Crippen LogP contribution in [0, 0.1) is 6.92 Å². The summed E-state index contributed by atoms with van der Waals surface area (Å²) in [6.07, 6.45) is -1.17. The van der Waals surface area contributed by atoms with Crippen LogP contribution >= 0.6 is 23.2 Å². The molecule has 0 aliphatic heterocycles. The third-order valence-corrected chi connectivity index (χ3v) is 5.45. The van der Waals surface area contributed by atoms with Crippen molar-refractivity contribution in [2.24, 2.45) is 7.05 Å². The van der Waals surface area contributed by atoms with Crippen molar-refractivity contribution in [1.29, 1.82) is 0 Å². The monoisotopic (exact) mass is 447 g/mol. The highest BCUT2D eigenvalue weighted by Crippen LogP contribution is 2.26. The molecule has 30 heavy (non-hydrogen) atoms. The maximum absolute atomic E-state index is 12.9. The minimum absolute atomic E-state index is 0.0430. The summed E-state index contributed by atoms with van der Waals surface area (Å²) in [5.74, 6) is -1.44. The van der Waals surface area contributed by atoms with Gasteiger partial charge in [0.15, 0.2) is 6.10 Å². The van der Waals surface area contributed by atoms with Crippen LogP contribution in [0.25, 0.3) is 5.69 Å². The number of anilines is 1. The van der Waals surface area contributed by atoms with Crippen LogP contribution in [0.5, 0.6) is 0 Å². The smallest absolute Gasteiger partial charge is 0.340 e. The van der Waals surface area contributed by atoms with E-state index in [9.17, 15) is 14.4 Å². The second-order valence-electron chi connectivity index (χ2n) is 6.57. The number of benzene rings is 2. The zero-order chi connectivity index (χ0) is 22.0. The van der Waals surface area contributed by atoms with E-state index in [4.69, 9.17) is 27.9 Å². The van der Waals surface area contributed by atoms with E-state index < -0.39 is 23.5 Å². The Morgan fingerprint density at radius 3 is 2.40 bits per heavy atom. The predicted molar refractivity (Wildman–Crippen MR) is 116 cm³/mol. The van der Waals surface area contributed by atoms with Crippen LogP contribution in [0.3, 0.4) is 0 Å². The zero-order valence-electron chi connectivity index (χ0n) is 16.5. The van der Waals surface area contributed by atoms with E-state index in [-0.39, 0.29) is 21.3 Å². The van der Waals surface area contributed by atoms with Gasteiger partial charge < -0.3 is 10.1 Å². The summed E-state index contributed by atoms with van der Waals surface area (Å²) in [5, 5.41) is 2.80. The lowest BCUT2D eigenvalue weighted by molar-refractivity contribution is -0.123. The fourth-order valence-electron chi connectivity index (χ4n) is 2.88. The Bertz CT molecular complexity index is 1170. The highest BCUT2D eigenvalue weighted by molar-refractivity contribution is 6.43. The Labute approximate surface area is 182 Å². The van der Waals surface area contributed by atoms with Gasteiger partial charge in [0, 0.05) is 7.05 Å². The SMILES string of the molecule is Cc1c(NC(=O)C(C)OC(=O)c2cccc(Cl)c2Cl)c(=O)n(-c2ccccc2)n1C. The molecule has 1 unspecified atom stereocenters. The number of amides is 1. The quantitative estimate of drug-likeness (QED) is 0.599. The third-order valence-electron chi connectivity index (χ3n) is 4.63. The van der Waals surface area contributed by atoms with E-state index in [1.54, 1.807) is 36.9 Å². The summed E-state index contributed by atoms with van der Waals surface area (Å²) in [6, 6.07) is 13.6. The second-order valence-corrected chi connectivity index (χ2v) is 7.36. The lowest BCUT2D eigenvalue weighted by atomic mass is 10.2. The number of halogens is 2. The highest BCUT2D eigenvalue weighted by Gasteiger charge is 2.24.